The Labute approximate surface area is 121 Å². The molecule has 1 fully saturated rings. The van der Waals surface area contributed by atoms with Crippen LogP contribution in [0.3, 0.4) is 0 Å². The first-order chi connectivity index (χ1) is 9.29. The van der Waals surface area contributed by atoms with Crippen molar-refractivity contribution < 1.29 is 9.47 Å². The van der Waals surface area contributed by atoms with E-state index in [4.69, 9.17) is 21.1 Å². The van der Waals surface area contributed by atoms with E-state index in [1.54, 1.807) is 7.11 Å². The van der Waals surface area contributed by atoms with Gasteiger partial charge in [-0.2, -0.15) is 0 Å². The SMILES string of the molecule is COc1ccc(OCCCC(Cl)C2CCCC2)cc1. The molecule has 0 saturated heterocycles. The molecule has 1 unspecified atom stereocenters. The smallest absolute Gasteiger partial charge is 0.119 e. The van der Waals surface area contributed by atoms with Gasteiger partial charge in [0.1, 0.15) is 11.5 Å². The minimum Gasteiger partial charge on any atom is -0.497 e. The van der Waals surface area contributed by atoms with Crippen LogP contribution < -0.4 is 9.47 Å². The standard InChI is InChI=1S/C16H23ClO2/c1-18-14-8-10-15(11-9-14)19-12-4-7-16(17)13-5-2-3-6-13/h8-11,13,16H,2-7,12H2,1H3. The summed E-state index contributed by atoms with van der Waals surface area (Å²) < 4.78 is 10.8. The fourth-order valence-electron chi connectivity index (χ4n) is 2.70. The minimum absolute atomic E-state index is 0.335. The molecule has 1 aliphatic carbocycles. The Morgan fingerprint density at radius 3 is 2.42 bits per heavy atom. The first-order valence-electron chi connectivity index (χ1n) is 7.20. The van der Waals surface area contributed by atoms with Gasteiger partial charge in [0.25, 0.3) is 0 Å². The van der Waals surface area contributed by atoms with Crippen LogP contribution in [0.1, 0.15) is 38.5 Å². The Bertz CT molecular complexity index is 358. The summed E-state index contributed by atoms with van der Waals surface area (Å²) in [4.78, 5) is 0. The van der Waals surface area contributed by atoms with Crippen molar-refractivity contribution in [2.75, 3.05) is 13.7 Å². The molecule has 2 nitrogen and oxygen atoms in total. The highest BCUT2D eigenvalue weighted by Crippen LogP contribution is 2.32. The van der Waals surface area contributed by atoms with Gasteiger partial charge in [-0.1, -0.05) is 12.8 Å². The Morgan fingerprint density at radius 2 is 1.79 bits per heavy atom. The number of rotatable bonds is 7. The summed E-state index contributed by atoms with van der Waals surface area (Å²) >= 11 is 6.44. The molecule has 106 valence electrons. The monoisotopic (exact) mass is 282 g/mol. The van der Waals surface area contributed by atoms with Crippen LogP contribution in [0.4, 0.5) is 0 Å². The average molecular weight is 283 g/mol. The second kappa shape index (κ2) is 7.64. The Hall–Kier alpha value is -0.890. The van der Waals surface area contributed by atoms with Crippen LogP contribution in [0.15, 0.2) is 24.3 Å². The Kier molecular flexibility index (Phi) is 5.84. The van der Waals surface area contributed by atoms with Gasteiger partial charge in [-0.15, -0.1) is 11.6 Å². The van der Waals surface area contributed by atoms with E-state index in [0.717, 1.165) is 36.9 Å². The molecule has 0 spiro atoms. The van der Waals surface area contributed by atoms with Crippen molar-refractivity contribution in [3.05, 3.63) is 24.3 Å². The number of ether oxygens (including phenoxy) is 2. The maximum Gasteiger partial charge on any atom is 0.119 e. The first-order valence-corrected chi connectivity index (χ1v) is 7.64. The quantitative estimate of drug-likeness (QED) is 0.535. The Balaban J connectivity index is 1.62. The summed E-state index contributed by atoms with van der Waals surface area (Å²) in [7, 11) is 1.67. The highest BCUT2D eigenvalue weighted by atomic mass is 35.5. The molecule has 0 amide bonds. The van der Waals surface area contributed by atoms with E-state index >= 15 is 0 Å². The van der Waals surface area contributed by atoms with Crippen LogP contribution in [0.2, 0.25) is 0 Å². The molecule has 0 heterocycles. The molecule has 0 bridgehead atoms. The predicted molar refractivity (Wildman–Crippen MR) is 79.3 cm³/mol. The Morgan fingerprint density at radius 1 is 1.16 bits per heavy atom. The van der Waals surface area contributed by atoms with Crippen LogP contribution in [0.5, 0.6) is 11.5 Å². The van der Waals surface area contributed by atoms with Crippen LogP contribution in [-0.4, -0.2) is 19.1 Å². The molecule has 1 aromatic carbocycles. The second-order valence-corrected chi connectivity index (χ2v) is 5.79. The molecule has 1 atom stereocenters. The molecule has 19 heavy (non-hydrogen) atoms. The summed E-state index contributed by atoms with van der Waals surface area (Å²) in [6, 6.07) is 7.71. The predicted octanol–water partition coefficient (Wildman–Crippen LogP) is 4.65. The number of alkyl halides is 1. The third kappa shape index (κ3) is 4.61. The van der Waals surface area contributed by atoms with Crippen LogP contribution >= 0.6 is 11.6 Å². The molecule has 0 N–H and O–H groups in total. The van der Waals surface area contributed by atoms with Gasteiger partial charge in [0, 0.05) is 5.38 Å². The van der Waals surface area contributed by atoms with Gasteiger partial charge in [-0.05, 0) is 55.9 Å². The molecule has 1 aliphatic rings. The number of methoxy groups -OCH3 is 1. The first kappa shape index (κ1) is 14.5. The molecule has 2 rings (SSSR count). The van der Waals surface area contributed by atoms with Gasteiger partial charge < -0.3 is 9.47 Å². The molecule has 0 radical (unpaired) electrons. The van der Waals surface area contributed by atoms with E-state index in [0.29, 0.717) is 5.38 Å². The molecular weight excluding hydrogens is 260 g/mol. The van der Waals surface area contributed by atoms with E-state index in [2.05, 4.69) is 0 Å². The molecule has 0 aromatic heterocycles. The van der Waals surface area contributed by atoms with Gasteiger partial charge in [-0.25, -0.2) is 0 Å². The van der Waals surface area contributed by atoms with Gasteiger partial charge in [0.05, 0.1) is 13.7 Å². The van der Waals surface area contributed by atoms with Gasteiger partial charge in [-0.3, -0.25) is 0 Å². The number of benzene rings is 1. The van der Waals surface area contributed by atoms with Crippen LogP contribution in [0.25, 0.3) is 0 Å². The number of hydrogen-bond donors (Lipinski definition) is 0. The van der Waals surface area contributed by atoms with Gasteiger partial charge in [0.15, 0.2) is 0 Å². The highest BCUT2D eigenvalue weighted by Gasteiger charge is 2.22. The van der Waals surface area contributed by atoms with Gasteiger partial charge >= 0.3 is 0 Å². The summed E-state index contributed by atoms with van der Waals surface area (Å²) in [6.45, 7) is 0.738. The van der Waals surface area contributed by atoms with Crippen molar-refractivity contribution in [1.29, 1.82) is 0 Å². The normalized spacial score (nSPS) is 17.4. The summed E-state index contributed by atoms with van der Waals surface area (Å²) in [6.07, 6.45) is 7.42. The zero-order chi connectivity index (χ0) is 13.5. The van der Waals surface area contributed by atoms with Crippen molar-refractivity contribution in [3.63, 3.8) is 0 Å². The second-order valence-electron chi connectivity index (χ2n) is 5.23. The lowest BCUT2D eigenvalue weighted by molar-refractivity contribution is 0.299. The van der Waals surface area contributed by atoms with E-state index in [-0.39, 0.29) is 0 Å². The van der Waals surface area contributed by atoms with Crippen molar-refractivity contribution >= 4 is 11.6 Å². The topological polar surface area (TPSA) is 18.5 Å². The number of halogens is 1. The molecule has 1 aromatic rings. The average Bonchev–Trinajstić information content (AvgIpc) is 2.98. The number of hydrogen-bond acceptors (Lipinski definition) is 2. The maximum absolute atomic E-state index is 6.44. The van der Waals surface area contributed by atoms with E-state index in [1.807, 2.05) is 24.3 Å². The van der Waals surface area contributed by atoms with E-state index < -0.39 is 0 Å². The molecule has 0 aliphatic heterocycles. The minimum atomic E-state index is 0.335. The zero-order valence-electron chi connectivity index (χ0n) is 11.6. The zero-order valence-corrected chi connectivity index (χ0v) is 12.4. The third-order valence-electron chi connectivity index (χ3n) is 3.86. The maximum atomic E-state index is 6.44. The lowest BCUT2D eigenvalue weighted by atomic mass is 10.0. The summed E-state index contributed by atoms with van der Waals surface area (Å²) in [5.41, 5.74) is 0. The summed E-state index contributed by atoms with van der Waals surface area (Å²) in [5.74, 6) is 2.49. The molecule has 3 heteroatoms. The van der Waals surface area contributed by atoms with Crippen LogP contribution in [0, 0.1) is 5.92 Å². The molecule has 1 saturated carbocycles. The summed E-state index contributed by atoms with van der Waals surface area (Å²) in [5, 5.41) is 0.335. The molecular formula is C16H23ClO2. The highest BCUT2D eigenvalue weighted by molar-refractivity contribution is 6.20. The third-order valence-corrected chi connectivity index (χ3v) is 4.44. The van der Waals surface area contributed by atoms with E-state index in [1.165, 1.54) is 25.7 Å². The van der Waals surface area contributed by atoms with Crippen molar-refractivity contribution in [2.45, 2.75) is 43.9 Å². The van der Waals surface area contributed by atoms with Gasteiger partial charge in [0.2, 0.25) is 0 Å². The lowest BCUT2D eigenvalue weighted by Crippen LogP contribution is -2.12. The van der Waals surface area contributed by atoms with Crippen molar-refractivity contribution in [3.8, 4) is 11.5 Å². The van der Waals surface area contributed by atoms with Crippen molar-refractivity contribution in [2.24, 2.45) is 5.92 Å². The van der Waals surface area contributed by atoms with Crippen LogP contribution in [-0.2, 0) is 0 Å². The van der Waals surface area contributed by atoms with Crippen molar-refractivity contribution in [1.82, 2.24) is 0 Å². The lowest BCUT2D eigenvalue weighted by Gasteiger charge is -2.16. The largest absolute Gasteiger partial charge is 0.497 e. The fourth-order valence-corrected chi connectivity index (χ4v) is 3.10. The van der Waals surface area contributed by atoms with E-state index in [9.17, 15) is 0 Å². The fraction of sp³-hybridized carbons (Fsp3) is 0.625.